The highest BCUT2D eigenvalue weighted by atomic mass is 32.2. The molecule has 33 heavy (non-hydrogen) atoms. The molecule has 0 aromatic heterocycles. The molecule has 11 heteroatoms. The van der Waals surface area contributed by atoms with Gasteiger partial charge in [-0.15, -0.1) is 0 Å². The van der Waals surface area contributed by atoms with Crippen LogP contribution in [0.2, 0.25) is 0 Å². The van der Waals surface area contributed by atoms with Gasteiger partial charge in [0.15, 0.2) is 0 Å². The zero-order valence-corrected chi connectivity index (χ0v) is 20.8. The van der Waals surface area contributed by atoms with E-state index in [0.29, 0.717) is 18.7 Å². The molecule has 0 saturated carbocycles. The molecule has 0 bridgehead atoms. The van der Waals surface area contributed by atoms with E-state index in [-0.39, 0.29) is 26.8 Å². The number of piperidine rings is 1. The molecule has 3 rings (SSSR count). The van der Waals surface area contributed by atoms with Crippen molar-refractivity contribution >= 4 is 31.6 Å². The predicted octanol–water partition coefficient (Wildman–Crippen LogP) is 2.68. The van der Waals surface area contributed by atoms with Crippen LogP contribution in [0.15, 0.2) is 46.2 Å². The van der Waals surface area contributed by atoms with Gasteiger partial charge in [0.05, 0.1) is 22.6 Å². The lowest BCUT2D eigenvalue weighted by Gasteiger charge is -2.26. The van der Waals surface area contributed by atoms with Crippen LogP contribution < -0.4 is 10.1 Å². The number of anilines is 1. The van der Waals surface area contributed by atoms with Crippen molar-refractivity contribution in [3.05, 3.63) is 47.5 Å². The third-order valence-corrected chi connectivity index (χ3v) is 9.43. The van der Waals surface area contributed by atoms with Crippen LogP contribution in [-0.2, 0) is 20.0 Å². The Morgan fingerprint density at radius 3 is 2.27 bits per heavy atom. The summed E-state index contributed by atoms with van der Waals surface area (Å²) >= 11 is 0. The summed E-state index contributed by atoms with van der Waals surface area (Å²) in [6, 6.07) is 8.64. The van der Waals surface area contributed by atoms with E-state index in [1.807, 2.05) is 0 Å². The molecule has 1 saturated heterocycles. The first-order valence-corrected chi connectivity index (χ1v) is 13.4. The quantitative estimate of drug-likeness (QED) is 0.632. The molecule has 0 spiro atoms. The topological polar surface area (TPSA) is 113 Å². The van der Waals surface area contributed by atoms with Gasteiger partial charge in [-0.1, -0.05) is 12.5 Å². The molecule has 2 aromatic carbocycles. The molecule has 1 aliphatic heterocycles. The number of aryl methyl sites for hydroxylation is 1. The minimum absolute atomic E-state index is 0.0131. The van der Waals surface area contributed by atoms with E-state index in [2.05, 4.69) is 5.32 Å². The summed E-state index contributed by atoms with van der Waals surface area (Å²) in [4.78, 5) is 13.1. The number of nitrogens with zero attached hydrogens (tertiary/aromatic N) is 2. The average Bonchev–Trinajstić information content (AvgIpc) is 2.79. The summed E-state index contributed by atoms with van der Waals surface area (Å²) in [7, 11) is -3.23. The number of ether oxygens (including phenoxy) is 1. The number of nitrogens with one attached hydrogen (secondary N) is 1. The van der Waals surface area contributed by atoms with Crippen molar-refractivity contribution in [3.63, 3.8) is 0 Å². The normalized spacial score (nSPS) is 15.4. The monoisotopic (exact) mass is 495 g/mol. The second kappa shape index (κ2) is 9.80. The summed E-state index contributed by atoms with van der Waals surface area (Å²) < 4.78 is 59.1. The summed E-state index contributed by atoms with van der Waals surface area (Å²) in [5.41, 5.74) is 0.847. The van der Waals surface area contributed by atoms with Crippen LogP contribution in [0.3, 0.4) is 0 Å². The van der Waals surface area contributed by atoms with E-state index in [1.54, 1.807) is 13.0 Å². The molecule has 9 nitrogen and oxygen atoms in total. The van der Waals surface area contributed by atoms with Gasteiger partial charge < -0.3 is 10.1 Å². The fourth-order valence-corrected chi connectivity index (χ4v) is 6.31. The van der Waals surface area contributed by atoms with Gasteiger partial charge in [0.2, 0.25) is 20.0 Å². The predicted molar refractivity (Wildman–Crippen MR) is 126 cm³/mol. The maximum Gasteiger partial charge on any atom is 0.255 e. The lowest BCUT2D eigenvalue weighted by molar-refractivity contribution is 0.102. The molecule has 0 aliphatic carbocycles. The van der Waals surface area contributed by atoms with Crippen molar-refractivity contribution in [3.8, 4) is 5.75 Å². The van der Waals surface area contributed by atoms with Crippen LogP contribution in [0.4, 0.5) is 5.69 Å². The number of hydrogen-bond donors (Lipinski definition) is 1. The van der Waals surface area contributed by atoms with Gasteiger partial charge in [0.25, 0.3) is 5.91 Å². The standard InChI is InChI=1S/C22H29N3O6S2/c1-16-8-9-17(14-21(16)33(29,30)25-12-6-5-7-13-25)22(26)23-19-15-18(10-11-20(19)31-4)32(27,28)24(2)3/h8-11,14-15H,5-7,12-13H2,1-4H3,(H,23,26). The number of methoxy groups -OCH3 is 1. The van der Waals surface area contributed by atoms with E-state index in [9.17, 15) is 21.6 Å². The molecule has 0 unspecified atom stereocenters. The lowest BCUT2D eigenvalue weighted by atomic mass is 10.1. The third-order valence-electron chi connectivity index (χ3n) is 5.58. The van der Waals surface area contributed by atoms with Crippen molar-refractivity contribution < 1.29 is 26.4 Å². The molecule has 1 heterocycles. The van der Waals surface area contributed by atoms with Gasteiger partial charge in [0, 0.05) is 32.7 Å². The largest absolute Gasteiger partial charge is 0.495 e. The molecule has 0 radical (unpaired) electrons. The third kappa shape index (κ3) is 5.21. The fraction of sp³-hybridized carbons (Fsp3) is 0.409. The SMILES string of the molecule is COc1ccc(S(=O)(=O)N(C)C)cc1NC(=O)c1ccc(C)c(S(=O)(=O)N2CCCCC2)c1. The zero-order chi connectivity index (χ0) is 24.4. The molecule has 1 fully saturated rings. The molecule has 0 atom stereocenters. The fourth-order valence-electron chi connectivity index (χ4n) is 3.61. The average molecular weight is 496 g/mol. The van der Waals surface area contributed by atoms with Crippen molar-refractivity contribution in [1.82, 2.24) is 8.61 Å². The Balaban J connectivity index is 1.95. The van der Waals surface area contributed by atoms with Crippen LogP contribution in [0, 0.1) is 6.92 Å². The van der Waals surface area contributed by atoms with E-state index >= 15 is 0 Å². The Kier molecular flexibility index (Phi) is 7.47. The van der Waals surface area contributed by atoms with E-state index in [1.165, 1.54) is 55.8 Å². The van der Waals surface area contributed by atoms with Crippen molar-refractivity contribution in [1.29, 1.82) is 0 Å². The van der Waals surface area contributed by atoms with Gasteiger partial charge in [-0.3, -0.25) is 4.79 Å². The molecular weight excluding hydrogens is 466 g/mol. The number of amides is 1. The molecule has 1 aliphatic rings. The summed E-state index contributed by atoms with van der Waals surface area (Å²) in [5, 5.41) is 2.65. The van der Waals surface area contributed by atoms with E-state index in [0.717, 1.165) is 23.6 Å². The van der Waals surface area contributed by atoms with Gasteiger partial charge >= 0.3 is 0 Å². The van der Waals surface area contributed by atoms with Crippen molar-refractivity contribution in [2.75, 3.05) is 39.6 Å². The van der Waals surface area contributed by atoms with Gasteiger partial charge in [-0.05, 0) is 55.7 Å². The number of hydrogen-bond acceptors (Lipinski definition) is 6. The highest BCUT2D eigenvalue weighted by molar-refractivity contribution is 7.89. The number of rotatable bonds is 7. The van der Waals surface area contributed by atoms with Crippen LogP contribution in [-0.4, -0.2) is 65.6 Å². The summed E-state index contributed by atoms with van der Waals surface area (Å²) in [6.45, 7) is 2.61. The van der Waals surface area contributed by atoms with Crippen LogP contribution >= 0.6 is 0 Å². The molecule has 180 valence electrons. The Labute approximate surface area is 195 Å². The molecule has 1 N–H and O–H groups in total. The Morgan fingerprint density at radius 2 is 1.67 bits per heavy atom. The van der Waals surface area contributed by atoms with Gasteiger partial charge in [-0.2, -0.15) is 4.31 Å². The second-order valence-electron chi connectivity index (χ2n) is 8.05. The number of carbonyl (C=O) groups excluding carboxylic acids is 1. The minimum Gasteiger partial charge on any atom is -0.495 e. The second-order valence-corrected chi connectivity index (χ2v) is 12.1. The van der Waals surface area contributed by atoms with E-state index in [4.69, 9.17) is 4.74 Å². The first kappa shape index (κ1) is 25.2. The van der Waals surface area contributed by atoms with Crippen molar-refractivity contribution in [2.45, 2.75) is 36.0 Å². The van der Waals surface area contributed by atoms with E-state index < -0.39 is 26.0 Å². The van der Waals surface area contributed by atoms with Crippen molar-refractivity contribution in [2.24, 2.45) is 0 Å². The smallest absolute Gasteiger partial charge is 0.255 e. The Bertz CT molecular complexity index is 1250. The van der Waals surface area contributed by atoms with Gasteiger partial charge in [-0.25, -0.2) is 21.1 Å². The number of sulfonamides is 2. The zero-order valence-electron chi connectivity index (χ0n) is 19.2. The minimum atomic E-state index is -3.73. The maximum absolute atomic E-state index is 13.2. The summed E-state index contributed by atoms with van der Waals surface area (Å²) in [5.74, 6) is -0.308. The van der Waals surface area contributed by atoms with Crippen LogP contribution in [0.5, 0.6) is 5.75 Å². The van der Waals surface area contributed by atoms with Gasteiger partial charge in [0.1, 0.15) is 5.75 Å². The number of carbonyl (C=O) groups is 1. The molecular formula is C22H29N3O6S2. The first-order chi connectivity index (χ1) is 15.5. The first-order valence-electron chi connectivity index (χ1n) is 10.5. The Hall–Kier alpha value is -2.47. The maximum atomic E-state index is 13.2. The van der Waals surface area contributed by atoms with Crippen LogP contribution in [0.25, 0.3) is 0 Å². The highest BCUT2D eigenvalue weighted by Gasteiger charge is 2.28. The highest BCUT2D eigenvalue weighted by Crippen LogP contribution is 2.30. The molecule has 2 aromatic rings. The van der Waals surface area contributed by atoms with Crippen LogP contribution in [0.1, 0.15) is 35.2 Å². The molecule has 1 amide bonds. The summed E-state index contributed by atoms with van der Waals surface area (Å²) in [6.07, 6.45) is 2.62. The number of benzene rings is 2. The Morgan fingerprint density at radius 1 is 1.00 bits per heavy atom. The lowest BCUT2D eigenvalue weighted by Crippen LogP contribution is -2.36.